The van der Waals surface area contributed by atoms with Gasteiger partial charge in [0.2, 0.25) is 0 Å². The van der Waals surface area contributed by atoms with Crippen molar-refractivity contribution in [2.24, 2.45) is 0 Å². The summed E-state index contributed by atoms with van der Waals surface area (Å²) in [6.45, 7) is 5.00. The monoisotopic (exact) mass is 596 g/mol. The van der Waals surface area contributed by atoms with Crippen LogP contribution in [-0.2, 0) is 14.3 Å². The van der Waals surface area contributed by atoms with Gasteiger partial charge in [-0.15, -0.1) is 0 Å². The molecule has 0 aliphatic heterocycles. The number of aliphatic hydroxyl groups is 1. The Morgan fingerprint density at radius 3 is 1.47 bits per heavy atom. The molecule has 1 unspecified atom stereocenters. The van der Waals surface area contributed by atoms with Gasteiger partial charge in [0, 0.05) is 13.0 Å². The SMILES string of the molecule is CC/C=C\C/C=C\C/C=C\C/C=C\CCCCCOCC(CO)OC(=O)CCCCCCC/C=C\C/C=C\C/C=C\CC. The summed E-state index contributed by atoms with van der Waals surface area (Å²) in [4.78, 5) is 12.1. The molecule has 0 amide bonds. The van der Waals surface area contributed by atoms with Crippen LogP contribution in [0.25, 0.3) is 0 Å². The molecule has 244 valence electrons. The highest BCUT2D eigenvalue weighted by Gasteiger charge is 2.13. The van der Waals surface area contributed by atoms with Crippen molar-refractivity contribution in [2.75, 3.05) is 19.8 Å². The van der Waals surface area contributed by atoms with Crippen molar-refractivity contribution >= 4 is 5.97 Å². The molecule has 0 radical (unpaired) electrons. The number of rotatable bonds is 30. The molecule has 0 aromatic heterocycles. The van der Waals surface area contributed by atoms with Gasteiger partial charge in [0.25, 0.3) is 0 Å². The van der Waals surface area contributed by atoms with Crippen LogP contribution in [-0.4, -0.2) is 37.0 Å². The van der Waals surface area contributed by atoms with Gasteiger partial charge in [-0.05, 0) is 83.5 Å². The first-order valence-corrected chi connectivity index (χ1v) is 17.2. The molecule has 0 rings (SSSR count). The van der Waals surface area contributed by atoms with Gasteiger partial charge >= 0.3 is 5.97 Å². The average molecular weight is 597 g/mol. The first-order valence-electron chi connectivity index (χ1n) is 17.2. The molecular formula is C39H64O4. The van der Waals surface area contributed by atoms with E-state index in [0.717, 1.165) is 96.3 Å². The number of unbranched alkanes of at least 4 members (excludes halogenated alkanes) is 8. The fraction of sp³-hybridized carbons (Fsp3) is 0.615. The van der Waals surface area contributed by atoms with Gasteiger partial charge in [-0.1, -0.05) is 125 Å². The summed E-state index contributed by atoms with van der Waals surface area (Å²) >= 11 is 0. The molecule has 0 fully saturated rings. The van der Waals surface area contributed by atoms with E-state index in [2.05, 4.69) is 98.9 Å². The number of aliphatic hydroxyl groups excluding tert-OH is 1. The number of carbonyl (C=O) groups excluding carboxylic acids is 1. The number of esters is 1. The van der Waals surface area contributed by atoms with Gasteiger partial charge in [0.1, 0.15) is 6.10 Å². The van der Waals surface area contributed by atoms with Crippen LogP contribution in [0, 0.1) is 0 Å². The maximum atomic E-state index is 12.1. The highest BCUT2D eigenvalue weighted by Crippen LogP contribution is 2.10. The maximum Gasteiger partial charge on any atom is 0.306 e. The highest BCUT2D eigenvalue weighted by molar-refractivity contribution is 5.69. The van der Waals surface area contributed by atoms with Crippen LogP contribution in [0.3, 0.4) is 0 Å². The van der Waals surface area contributed by atoms with Crippen LogP contribution in [0.2, 0.25) is 0 Å². The second kappa shape index (κ2) is 35.8. The topological polar surface area (TPSA) is 55.8 Å². The van der Waals surface area contributed by atoms with Gasteiger partial charge < -0.3 is 14.6 Å². The summed E-state index contributed by atoms with van der Waals surface area (Å²) in [5, 5.41) is 9.54. The van der Waals surface area contributed by atoms with Crippen molar-refractivity contribution in [3.05, 3.63) is 85.1 Å². The van der Waals surface area contributed by atoms with Crippen LogP contribution in [0.5, 0.6) is 0 Å². The third kappa shape index (κ3) is 33.9. The second-order valence-electron chi connectivity index (χ2n) is 10.8. The van der Waals surface area contributed by atoms with Crippen molar-refractivity contribution in [3.8, 4) is 0 Å². The minimum Gasteiger partial charge on any atom is -0.457 e. The number of hydrogen-bond donors (Lipinski definition) is 1. The molecule has 0 aromatic carbocycles. The van der Waals surface area contributed by atoms with E-state index in [9.17, 15) is 9.90 Å². The number of carbonyl (C=O) groups is 1. The molecule has 0 aromatic rings. The summed E-state index contributed by atoms with van der Waals surface area (Å²) in [5.41, 5.74) is 0. The van der Waals surface area contributed by atoms with Crippen molar-refractivity contribution in [2.45, 2.75) is 136 Å². The predicted molar refractivity (Wildman–Crippen MR) is 186 cm³/mol. The lowest BCUT2D eigenvalue weighted by Gasteiger charge is -2.15. The number of allylic oxidation sites excluding steroid dienone is 14. The molecule has 1 N–H and O–H groups in total. The minimum absolute atomic E-state index is 0.198. The molecule has 0 aliphatic rings. The fourth-order valence-electron chi connectivity index (χ4n) is 4.21. The Morgan fingerprint density at radius 1 is 0.558 bits per heavy atom. The average Bonchev–Trinajstić information content (AvgIpc) is 3.01. The molecule has 0 bridgehead atoms. The molecule has 0 saturated carbocycles. The zero-order chi connectivity index (χ0) is 31.3. The van der Waals surface area contributed by atoms with E-state index < -0.39 is 6.10 Å². The standard InChI is InChI=1S/C39H64O4/c1-3-5-7-9-11-13-15-17-19-21-23-25-27-29-31-33-35-42-37-38(36-40)43-39(41)34-32-30-28-26-24-22-20-18-16-14-12-10-8-6-4-2/h5-8,11-14,17-20,23,25,38,40H,3-4,9-10,15-16,21-22,24,26-37H2,1-2H3/b7-5-,8-6-,13-11-,14-12-,19-17-,20-18-,25-23-. The molecule has 0 aliphatic carbocycles. The lowest BCUT2D eigenvalue weighted by Crippen LogP contribution is -2.27. The molecule has 0 heterocycles. The van der Waals surface area contributed by atoms with Gasteiger partial charge in [0.05, 0.1) is 13.2 Å². The van der Waals surface area contributed by atoms with E-state index in [1.165, 1.54) is 12.8 Å². The summed E-state index contributed by atoms with van der Waals surface area (Å²) < 4.78 is 11.1. The highest BCUT2D eigenvalue weighted by atomic mass is 16.6. The Hall–Kier alpha value is -2.43. The summed E-state index contributed by atoms with van der Waals surface area (Å²) in [6, 6.07) is 0. The van der Waals surface area contributed by atoms with Crippen LogP contribution in [0.15, 0.2) is 85.1 Å². The molecule has 4 nitrogen and oxygen atoms in total. The Labute approximate surface area is 265 Å². The van der Waals surface area contributed by atoms with E-state index in [0.29, 0.717) is 13.0 Å². The molecule has 0 saturated heterocycles. The third-order valence-electron chi connectivity index (χ3n) is 6.72. The molecule has 0 spiro atoms. The summed E-state index contributed by atoms with van der Waals surface area (Å²) in [6.07, 6.45) is 49.0. The van der Waals surface area contributed by atoms with E-state index >= 15 is 0 Å². The van der Waals surface area contributed by atoms with Crippen LogP contribution in [0.1, 0.15) is 129 Å². The Bertz CT molecular complexity index is 800. The van der Waals surface area contributed by atoms with Crippen molar-refractivity contribution < 1.29 is 19.4 Å². The van der Waals surface area contributed by atoms with E-state index in [1.807, 2.05) is 0 Å². The van der Waals surface area contributed by atoms with E-state index in [1.54, 1.807) is 0 Å². The lowest BCUT2D eigenvalue weighted by atomic mass is 10.1. The molecular weight excluding hydrogens is 532 g/mol. The van der Waals surface area contributed by atoms with Crippen LogP contribution < -0.4 is 0 Å². The molecule has 4 heteroatoms. The van der Waals surface area contributed by atoms with E-state index in [4.69, 9.17) is 9.47 Å². The van der Waals surface area contributed by atoms with E-state index in [-0.39, 0.29) is 19.2 Å². The molecule has 1 atom stereocenters. The Morgan fingerprint density at radius 2 is 0.977 bits per heavy atom. The zero-order valence-corrected chi connectivity index (χ0v) is 27.7. The number of ether oxygens (including phenoxy) is 2. The largest absolute Gasteiger partial charge is 0.457 e. The van der Waals surface area contributed by atoms with Crippen molar-refractivity contribution in [3.63, 3.8) is 0 Å². The minimum atomic E-state index is -0.564. The first-order chi connectivity index (χ1) is 21.2. The van der Waals surface area contributed by atoms with Crippen LogP contribution >= 0.6 is 0 Å². The first kappa shape index (κ1) is 40.6. The quantitative estimate of drug-likeness (QED) is 0.0509. The fourth-order valence-corrected chi connectivity index (χ4v) is 4.21. The van der Waals surface area contributed by atoms with Crippen molar-refractivity contribution in [1.29, 1.82) is 0 Å². The summed E-state index contributed by atoms with van der Waals surface area (Å²) in [5.74, 6) is -0.234. The third-order valence-corrected chi connectivity index (χ3v) is 6.72. The van der Waals surface area contributed by atoms with Gasteiger partial charge in [0.15, 0.2) is 0 Å². The smallest absolute Gasteiger partial charge is 0.306 e. The Balaban J connectivity index is 3.59. The Kier molecular flexibility index (Phi) is 33.7. The maximum absolute atomic E-state index is 12.1. The van der Waals surface area contributed by atoms with Crippen molar-refractivity contribution in [1.82, 2.24) is 0 Å². The molecule has 43 heavy (non-hydrogen) atoms. The predicted octanol–water partition coefficient (Wildman–Crippen LogP) is 10.9. The van der Waals surface area contributed by atoms with Gasteiger partial charge in [-0.25, -0.2) is 0 Å². The van der Waals surface area contributed by atoms with Crippen LogP contribution in [0.4, 0.5) is 0 Å². The second-order valence-corrected chi connectivity index (χ2v) is 10.8. The lowest BCUT2D eigenvalue weighted by molar-refractivity contribution is -0.154. The zero-order valence-electron chi connectivity index (χ0n) is 27.7. The van der Waals surface area contributed by atoms with Gasteiger partial charge in [-0.3, -0.25) is 4.79 Å². The van der Waals surface area contributed by atoms with Gasteiger partial charge in [-0.2, -0.15) is 0 Å². The normalized spacial score (nSPS) is 13.5. The number of hydrogen-bond acceptors (Lipinski definition) is 4. The summed E-state index contributed by atoms with van der Waals surface area (Å²) in [7, 11) is 0.